The molecule has 0 aliphatic rings. The van der Waals surface area contributed by atoms with E-state index in [0.29, 0.717) is 19.3 Å². The van der Waals surface area contributed by atoms with E-state index in [-0.39, 0.29) is 41.9 Å². The Labute approximate surface area is 286 Å². The van der Waals surface area contributed by atoms with Crippen LogP contribution >= 0.6 is 0 Å². The number of amides is 5. The second kappa shape index (κ2) is 22.4. The normalized spacial score (nSPS) is 15.4. The maximum atomic E-state index is 13.5. The summed E-state index contributed by atoms with van der Waals surface area (Å²) in [7, 11) is 0. The smallest absolute Gasteiger partial charge is 0.306 e. The van der Waals surface area contributed by atoms with E-state index in [4.69, 9.17) is 5.11 Å². The van der Waals surface area contributed by atoms with Gasteiger partial charge in [0.15, 0.2) is 0 Å². The second-order valence-electron chi connectivity index (χ2n) is 14.8. The predicted molar refractivity (Wildman–Crippen MR) is 182 cm³/mol. The summed E-state index contributed by atoms with van der Waals surface area (Å²) in [5.74, 6) is -3.85. The van der Waals surface area contributed by atoms with Crippen molar-refractivity contribution >= 4 is 35.5 Å². The third-order valence-corrected chi connectivity index (χ3v) is 7.48. The van der Waals surface area contributed by atoms with E-state index in [1.807, 2.05) is 55.4 Å². The molecule has 0 spiro atoms. The maximum Gasteiger partial charge on any atom is 0.306 e. The van der Waals surface area contributed by atoms with Gasteiger partial charge in [0.05, 0.1) is 43.7 Å². The molecule has 6 unspecified atom stereocenters. The predicted octanol–water partition coefficient (Wildman–Crippen LogP) is 1.47. The Morgan fingerprint density at radius 2 is 1.02 bits per heavy atom. The zero-order valence-electron chi connectivity index (χ0n) is 30.6. The number of aliphatic hydroxyl groups excluding tert-OH is 2. The van der Waals surface area contributed by atoms with Gasteiger partial charge in [-0.25, -0.2) is 0 Å². The molecule has 6 atom stereocenters. The van der Waals surface area contributed by atoms with E-state index in [2.05, 4.69) is 26.6 Å². The number of hydrogen-bond acceptors (Lipinski definition) is 8. The van der Waals surface area contributed by atoms with Crippen LogP contribution in [0.4, 0.5) is 0 Å². The van der Waals surface area contributed by atoms with Crippen LogP contribution < -0.4 is 26.6 Å². The number of carboxylic acid groups (broad SMARTS) is 1. The number of aliphatic hydroxyl groups is 2. The standard InChI is InChI=1S/C34H63N5O9/c1-18(2)11-23(27(41)16-31(45)46)36-30(44)17-35-28(42)15-26(40)24(12-19(3)4)38-34(48)32(22(9)10)39-33(47)25(13-20(5)6)37-29(43)14-21(7)8/h18-27,32,40-41H,11-17H2,1-10H3,(H,35,42)(H,36,44)(H,37,43)(H,38,48)(H,39,47)(H,45,46). The minimum absolute atomic E-state index is 0.0209. The van der Waals surface area contributed by atoms with E-state index in [1.165, 1.54) is 0 Å². The monoisotopic (exact) mass is 685 g/mol. The van der Waals surface area contributed by atoms with Gasteiger partial charge in [0.25, 0.3) is 0 Å². The van der Waals surface area contributed by atoms with Crippen molar-refractivity contribution in [2.75, 3.05) is 6.54 Å². The summed E-state index contributed by atoms with van der Waals surface area (Å²) >= 11 is 0. The van der Waals surface area contributed by atoms with Gasteiger partial charge in [-0.1, -0.05) is 69.2 Å². The number of carbonyl (C=O) groups is 6. The van der Waals surface area contributed by atoms with Crippen LogP contribution in [0.3, 0.4) is 0 Å². The van der Waals surface area contributed by atoms with Crippen molar-refractivity contribution in [3.05, 3.63) is 0 Å². The highest BCUT2D eigenvalue weighted by Gasteiger charge is 2.33. The first-order chi connectivity index (χ1) is 22.1. The average Bonchev–Trinajstić information content (AvgIpc) is 2.91. The van der Waals surface area contributed by atoms with Gasteiger partial charge in [-0.05, 0) is 48.9 Å². The molecule has 0 fully saturated rings. The van der Waals surface area contributed by atoms with Crippen molar-refractivity contribution in [2.45, 2.75) is 144 Å². The first-order valence-corrected chi connectivity index (χ1v) is 17.2. The Bertz CT molecular complexity index is 1050. The highest BCUT2D eigenvalue weighted by molar-refractivity contribution is 5.92. The van der Waals surface area contributed by atoms with Gasteiger partial charge in [0.1, 0.15) is 12.1 Å². The van der Waals surface area contributed by atoms with Crippen molar-refractivity contribution < 1.29 is 44.1 Å². The summed E-state index contributed by atoms with van der Waals surface area (Å²) < 4.78 is 0. The number of carboxylic acids is 1. The average molecular weight is 686 g/mol. The van der Waals surface area contributed by atoms with Crippen molar-refractivity contribution in [3.63, 3.8) is 0 Å². The molecular weight excluding hydrogens is 622 g/mol. The summed E-state index contributed by atoms with van der Waals surface area (Å²) in [6, 6.07) is -3.49. The van der Waals surface area contributed by atoms with Crippen LogP contribution in [0.2, 0.25) is 0 Å². The van der Waals surface area contributed by atoms with E-state index >= 15 is 0 Å². The van der Waals surface area contributed by atoms with E-state index < -0.39 is 85.4 Å². The highest BCUT2D eigenvalue weighted by Crippen LogP contribution is 2.15. The Kier molecular flexibility index (Phi) is 20.9. The number of aliphatic carboxylic acids is 1. The number of nitrogens with one attached hydrogen (secondary N) is 5. The summed E-state index contributed by atoms with van der Waals surface area (Å²) in [4.78, 5) is 75.5. The summed E-state index contributed by atoms with van der Waals surface area (Å²) in [5, 5.41) is 43.6. The number of hydrogen-bond donors (Lipinski definition) is 8. The van der Waals surface area contributed by atoms with Crippen LogP contribution in [-0.4, -0.2) is 93.7 Å². The topological polar surface area (TPSA) is 223 Å². The molecule has 0 aliphatic carbocycles. The van der Waals surface area contributed by atoms with Gasteiger partial charge < -0.3 is 41.9 Å². The molecule has 14 nitrogen and oxygen atoms in total. The fourth-order valence-electron chi connectivity index (χ4n) is 5.19. The van der Waals surface area contributed by atoms with Crippen molar-refractivity contribution in [1.29, 1.82) is 0 Å². The molecule has 0 aromatic rings. The lowest BCUT2D eigenvalue weighted by molar-refractivity contribution is -0.140. The van der Waals surface area contributed by atoms with Crippen molar-refractivity contribution in [3.8, 4) is 0 Å². The largest absolute Gasteiger partial charge is 0.481 e. The van der Waals surface area contributed by atoms with Crippen LogP contribution in [0, 0.1) is 29.6 Å². The van der Waals surface area contributed by atoms with Crippen LogP contribution in [0.15, 0.2) is 0 Å². The van der Waals surface area contributed by atoms with Gasteiger partial charge in [-0.3, -0.25) is 28.8 Å². The molecule has 8 N–H and O–H groups in total. The third kappa shape index (κ3) is 19.5. The third-order valence-electron chi connectivity index (χ3n) is 7.48. The molecule has 0 aromatic heterocycles. The van der Waals surface area contributed by atoms with Gasteiger partial charge >= 0.3 is 5.97 Å². The van der Waals surface area contributed by atoms with E-state index in [9.17, 15) is 39.0 Å². The van der Waals surface area contributed by atoms with E-state index in [1.54, 1.807) is 13.8 Å². The Hall–Kier alpha value is -3.26. The Morgan fingerprint density at radius 1 is 0.521 bits per heavy atom. The Balaban J connectivity index is 5.52. The van der Waals surface area contributed by atoms with Crippen LogP contribution in [0.25, 0.3) is 0 Å². The zero-order chi connectivity index (χ0) is 37.3. The maximum absolute atomic E-state index is 13.5. The SMILES string of the molecule is CC(C)CC(=O)NC(CC(C)C)C(=O)NC(C(=O)NC(CC(C)C)C(O)CC(=O)NCC(=O)NC(CC(C)C)C(O)CC(=O)O)C(C)C. The summed E-state index contributed by atoms with van der Waals surface area (Å²) in [5.41, 5.74) is 0. The molecule has 5 amide bonds. The second-order valence-corrected chi connectivity index (χ2v) is 14.8. The van der Waals surface area contributed by atoms with Crippen LogP contribution in [0.5, 0.6) is 0 Å². The molecule has 0 aromatic carbocycles. The van der Waals surface area contributed by atoms with Crippen molar-refractivity contribution in [2.24, 2.45) is 29.6 Å². The summed E-state index contributed by atoms with van der Waals surface area (Å²) in [6.45, 7) is 18.2. The molecule has 0 saturated heterocycles. The molecule has 0 aliphatic heterocycles. The molecule has 14 heteroatoms. The molecule has 0 heterocycles. The van der Waals surface area contributed by atoms with Gasteiger partial charge in [-0.2, -0.15) is 0 Å². The van der Waals surface area contributed by atoms with Crippen molar-refractivity contribution in [1.82, 2.24) is 26.6 Å². The first kappa shape index (κ1) is 44.7. The van der Waals surface area contributed by atoms with Crippen LogP contribution in [-0.2, 0) is 28.8 Å². The fraction of sp³-hybridized carbons (Fsp3) is 0.824. The Morgan fingerprint density at radius 3 is 1.48 bits per heavy atom. The molecule has 0 rings (SSSR count). The zero-order valence-corrected chi connectivity index (χ0v) is 30.6. The lowest BCUT2D eigenvalue weighted by Crippen LogP contribution is -2.58. The molecule has 0 saturated carbocycles. The van der Waals surface area contributed by atoms with Gasteiger partial charge in [0, 0.05) is 6.42 Å². The lowest BCUT2D eigenvalue weighted by atomic mass is 9.95. The minimum atomic E-state index is -1.32. The molecular formula is C34H63N5O9. The van der Waals surface area contributed by atoms with Gasteiger partial charge in [0.2, 0.25) is 29.5 Å². The number of carbonyl (C=O) groups excluding carboxylic acids is 5. The van der Waals surface area contributed by atoms with E-state index in [0.717, 1.165) is 0 Å². The lowest BCUT2D eigenvalue weighted by Gasteiger charge is -2.30. The molecule has 0 bridgehead atoms. The quantitative estimate of drug-likeness (QED) is 0.0779. The van der Waals surface area contributed by atoms with Gasteiger partial charge in [-0.15, -0.1) is 0 Å². The van der Waals surface area contributed by atoms with Crippen LogP contribution in [0.1, 0.15) is 108 Å². The molecule has 0 radical (unpaired) electrons. The molecule has 278 valence electrons. The minimum Gasteiger partial charge on any atom is -0.481 e. The fourth-order valence-corrected chi connectivity index (χ4v) is 5.19. The highest BCUT2D eigenvalue weighted by atomic mass is 16.4. The molecule has 48 heavy (non-hydrogen) atoms. The first-order valence-electron chi connectivity index (χ1n) is 17.2. The number of rotatable bonds is 23. The summed E-state index contributed by atoms with van der Waals surface area (Å²) in [6.07, 6.45) is -2.32.